The number of benzene rings is 1. The minimum Gasteiger partial charge on any atom is -0.480 e. The Bertz CT molecular complexity index is 446. The van der Waals surface area contributed by atoms with Gasteiger partial charge in [-0.05, 0) is 12.5 Å². The summed E-state index contributed by atoms with van der Waals surface area (Å²) in [6.07, 6.45) is 0.227. The van der Waals surface area contributed by atoms with Crippen molar-refractivity contribution in [3.05, 3.63) is 29.8 Å². The molecule has 1 aromatic rings. The molecule has 0 saturated heterocycles. The number of nitrogens with two attached hydrogens (primary N) is 1. The van der Waals surface area contributed by atoms with Crippen LogP contribution in [0.1, 0.15) is 18.9 Å². The van der Waals surface area contributed by atoms with Gasteiger partial charge >= 0.3 is 11.9 Å². The average Bonchev–Trinajstić information content (AvgIpc) is 2.35. The molecular formula is C13H17NO5. The van der Waals surface area contributed by atoms with E-state index in [0.717, 1.165) is 5.56 Å². The highest BCUT2D eigenvalue weighted by Gasteiger charge is 2.11. The van der Waals surface area contributed by atoms with Crippen molar-refractivity contribution in [1.82, 2.24) is 0 Å². The van der Waals surface area contributed by atoms with E-state index in [4.69, 9.17) is 20.3 Å². The third kappa shape index (κ3) is 5.50. The third-order valence-corrected chi connectivity index (χ3v) is 2.37. The lowest BCUT2D eigenvalue weighted by Gasteiger charge is -2.10. The smallest absolute Gasteiger partial charge is 0.320 e. The molecule has 6 nitrogen and oxygen atoms in total. The maximum Gasteiger partial charge on any atom is 0.320 e. The topological polar surface area (TPSA) is 98.9 Å². The Balaban J connectivity index is 2.45. The summed E-state index contributed by atoms with van der Waals surface area (Å²) in [5, 5.41) is 8.60. The molecule has 19 heavy (non-hydrogen) atoms. The van der Waals surface area contributed by atoms with Crippen molar-refractivity contribution < 1.29 is 24.2 Å². The highest BCUT2D eigenvalue weighted by Crippen LogP contribution is 2.19. The van der Waals surface area contributed by atoms with Gasteiger partial charge in [-0.15, -0.1) is 0 Å². The Morgan fingerprint density at radius 3 is 2.68 bits per heavy atom. The Hall–Kier alpha value is -1.92. The first-order chi connectivity index (χ1) is 9.00. The van der Waals surface area contributed by atoms with Crippen LogP contribution in [0.2, 0.25) is 0 Å². The van der Waals surface area contributed by atoms with Crippen molar-refractivity contribution >= 4 is 11.9 Å². The SMILES string of the molecule is CC(=O)Oc1ccccc1COCC[C@H](N)C(=O)O. The Labute approximate surface area is 111 Å². The van der Waals surface area contributed by atoms with Crippen LogP contribution in [0.3, 0.4) is 0 Å². The molecule has 0 unspecified atom stereocenters. The van der Waals surface area contributed by atoms with Crippen molar-refractivity contribution in [2.45, 2.75) is 26.0 Å². The molecule has 0 radical (unpaired) electrons. The van der Waals surface area contributed by atoms with E-state index in [-0.39, 0.29) is 19.6 Å². The zero-order chi connectivity index (χ0) is 14.3. The van der Waals surface area contributed by atoms with E-state index in [1.54, 1.807) is 24.3 Å². The van der Waals surface area contributed by atoms with Gasteiger partial charge in [0.1, 0.15) is 11.8 Å². The predicted molar refractivity (Wildman–Crippen MR) is 67.6 cm³/mol. The number of rotatable bonds is 7. The van der Waals surface area contributed by atoms with Gasteiger partial charge in [-0.2, -0.15) is 0 Å². The number of carbonyl (C=O) groups excluding carboxylic acids is 1. The molecule has 0 aliphatic carbocycles. The summed E-state index contributed by atoms with van der Waals surface area (Å²) >= 11 is 0. The van der Waals surface area contributed by atoms with E-state index < -0.39 is 18.0 Å². The quantitative estimate of drug-likeness (QED) is 0.433. The van der Waals surface area contributed by atoms with Crippen LogP contribution in [0.4, 0.5) is 0 Å². The number of carbonyl (C=O) groups is 2. The van der Waals surface area contributed by atoms with Crippen molar-refractivity contribution in [2.24, 2.45) is 5.73 Å². The summed E-state index contributed by atoms with van der Waals surface area (Å²) in [7, 11) is 0. The number of aliphatic carboxylic acids is 1. The molecule has 0 bridgehead atoms. The molecule has 0 heterocycles. The van der Waals surface area contributed by atoms with Gasteiger partial charge in [0.25, 0.3) is 0 Å². The van der Waals surface area contributed by atoms with E-state index in [2.05, 4.69) is 0 Å². The fourth-order valence-corrected chi connectivity index (χ4v) is 1.39. The molecule has 6 heteroatoms. The van der Waals surface area contributed by atoms with Crippen LogP contribution >= 0.6 is 0 Å². The molecule has 0 aromatic heterocycles. The fraction of sp³-hybridized carbons (Fsp3) is 0.385. The zero-order valence-electron chi connectivity index (χ0n) is 10.7. The van der Waals surface area contributed by atoms with E-state index in [1.807, 2.05) is 0 Å². The summed E-state index contributed by atoms with van der Waals surface area (Å²) in [4.78, 5) is 21.4. The zero-order valence-corrected chi connectivity index (χ0v) is 10.7. The highest BCUT2D eigenvalue weighted by atomic mass is 16.5. The van der Waals surface area contributed by atoms with E-state index >= 15 is 0 Å². The molecule has 3 N–H and O–H groups in total. The number of hydrogen-bond acceptors (Lipinski definition) is 5. The first-order valence-corrected chi connectivity index (χ1v) is 5.83. The molecule has 1 atom stereocenters. The fourth-order valence-electron chi connectivity index (χ4n) is 1.39. The first-order valence-electron chi connectivity index (χ1n) is 5.83. The van der Waals surface area contributed by atoms with Gasteiger partial charge in [0, 0.05) is 19.1 Å². The number of esters is 1. The van der Waals surface area contributed by atoms with Crippen molar-refractivity contribution in [2.75, 3.05) is 6.61 Å². The second-order valence-electron chi connectivity index (χ2n) is 3.99. The lowest BCUT2D eigenvalue weighted by Crippen LogP contribution is -2.31. The highest BCUT2D eigenvalue weighted by molar-refractivity contribution is 5.73. The molecule has 0 saturated carbocycles. The molecular weight excluding hydrogens is 250 g/mol. The van der Waals surface area contributed by atoms with Gasteiger partial charge in [-0.3, -0.25) is 9.59 Å². The van der Waals surface area contributed by atoms with Gasteiger partial charge in [0.2, 0.25) is 0 Å². The Morgan fingerprint density at radius 1 is 1.37 bits per heavy atom. The van der Waals surface area contributed by atoms with Crippen LogP contribution in [0.5, 0.6) is 5.75 Å². The monoisotopic (exact) mass is 267 g/mol. The van der Waals surface area contributed by atoms with Crippen molar-refractivity contribution in [3.8, 4) is 5.75 Å². The summed E-state index contributed by atoms with van der Waals surface area (Å²) in [5.41, 5.74) is 6.07. The van der Waals surface area contributed by atoms with Crippen LogP contribution in [0.15, 0.2) is 24.3 Å². The van der Waals surface area contributed by atoms with Gasteiger partial charge in [-0.25, -0.2) is 0 Å². The molecule has 0 aliphatic heterocycles. The summed E-state index contributed by atoms with van der Waals surface area (Å²) in [6.45, 7) is 1.78. The van der Waals surface area contributed by atoms with E-state index in [9.17, 15) is 9.59 Å². The number of hydrogen-bond donors (Lipinski definition) is 2. The minimum absolute atomic E-state index is 0.224. The van der Waals surface area contributed by atoms with Gasteiger partial charge in [0.15, 0.2) is 0 Å². The third-order valence-electron chi connectivity index (χ3n) is 2.37. The largest absolute Gasteiger partial charge is 0.480 e. The number of carboxylic acids is 1. The maximum absolute atomic E-state index is 10.9. The van der Waals surface area contributed by atoms with Gasteiger partial charge in [0.05, 0.1) is 6.61 Å². The molecule has 1 aromatic carbocycles. The standard InChI is InChI=1S/C13H17NO5/c1-9(15)19-12-5-3-2-4-10(12)8-18-7-6-11(14)13(16)17/h2-5,11H,6-8,14H2,1H3,(H,16,17)/t11-/m0/s1. The van der Waals surface area contributed by atoms with Crippen molar-refractivity contribution in [1.29, 1.82) is 0 Å². The second kappa shape index (κ2) is 7.50. The number of para-hydroxylation sites is 1. The maximum atomic E-state index is 10.9. The normalized spacial score (nSPS) is 11.9. The first kappa shape index (κ1) is 15.1. The van der Waals surface area contributed by atoms with Crippen molar-refractivity contribution in [3.63, 3.8) is 0 Å². The second-order valence-corrected chi connectivity index (χ2v) is 3.99. The van der Waals surface area contributed by atoms with E-state index in [1.165, 1.54) is 6.92 Å². The molecule has 0 fully saturated rings. The predicted octanol–water partition coefficient (Wildman–Crippen LogP) is 0.930. The summed E-state index contributed by atoms with van der Waals surface area (Å²) in [5.74, 6) is -1.01. The van der Waals surface area contributed by atoms with Crippen LogP contribution in [0.25, 0.3) is 0 Å². The molecule has 104 valence electrons. The van der Waals surface area contributed by atoms with Gasteiger partial charge < -0.3 is 20.3 Å². The van der Waals surface area contributed by atoms with Gasteiger partial charge in [-0.1, -0.05) is 18.2 Å². The number of carboxylic acid groups (broad SMARTS) is 1. The van der Waals surface area contributed by atoms with Crippen LogP contribution in [-0.2, 0) is 20.9 Å². The lowest BCUT2D eigenvalue weighted by atomic mass is 10.2. The minimum atomic E-state index is -1.05. The van der Waals surface area contributed by atoms with Crippen LogP contribution < -0.4 is 10.5 Å². The molecule has 0 spiro atoms. The Morgan fingerprint density at radius 2 is 2.05 bits per heavy atom. The molecule has 0 aliphatic rings. The number of ether oxygens (including phenoxy) is 2. The van der Waals surface area contributed by atoms with Crippen LogP contribution in [-0.4, -0.2) is 29.7 Å². The Kier molecular flexibility index (Phi) is 5.98. The molecule has 0 amide bonds. The summed E-state index contributed by atoms with van der Waals surface area (Å²) < 4.78 is 10.4. The summed E-state index contributed by atoms with van der Waals surface area (Å²) in [6, 6.07) is 6.07. The molecule has 1 rings (SSSR count). The lowest BCUT2D eigenvalue weighted by molar-refractivity contribution is -0.139. The van der Waals surface area contributed by atoms with Crippen LogP contribution in [0, 0.1) is 0 Å². The average molecular weight is 267 g/mol. The van der Waals surface area contributed by atoms with E-state index in [0.29, 0.717) is 5.75 Å².